The normalized spacial score (nSPS) is 14.4. The highest BCUT2D eigenvalue weighted by Gasteiger charge is 2.18. The van der Waals surface area contributed by atoms with Crippen molar-refractivity contribution in [2.45, 2.75) is 44.7 Å². The second-order valence-corrected chi connectivity index (χ2v) is 6.77. The number of carbonyl (C=O) groups is 2. The van der Waals surface area contributed by atoms with Crippen LogP contribution in [0.4, 0.5) is 0 Å². The number of benzene rings is 1. The molecule has 1 aromatic carbocycles. The first-order chi connectivity index (χ1) is 13.2. The third kappa shape index (κ3) is 5.29. The summed E-state index contributed by atoms with van der Waals surface area (Å²) in [5, 5.41) is 5.89. The minimum absolute atomic E-state index is 0.145. The van der Waals surface area contributed by atoms with Gasteiger partial charge in [0.2, 0.25) is 0 Å². The molecular weight excluding hydrogens is 342 g/mol. The summed E-state index contributed by atoms with van der Waals surface area (Å²) in [6.45, 7) is 0.378. The van der Waals surface area contributed by atoms with Crippen molar-refractivity contribution >= 4 is 11.8 Å². The largest absolute Gasteiger partial charge is 0.497 e. The Balaban J connectivity index is 1.58. The number of amides is 2. The van der Waals surface area contributed by atoms with Gasteiger partial charge in [0, 0.05) is 24.3 Å². The number of nitrogens with one attached hydrogen (secondary N) is 2. The molecule has 2 aromatic rings. The molecule has 6 heteroatoms. The standard InChI is InChI=1S/C21H25N3O3/c1-27-18-9-7-15(8-10-18)14-23-21(26)19-13-16(11-12-22-19)20(25)24-17-5-3-2-4-6-17/h7-13,17H,2-6,14H2,1H3,(H,23,26)(H,24,25). The molecule has 1 saturated carbocycles. The third-order valence-electron chi connectivity index (χ3n) is 4.81. The monoisotopic (exact) mass is 367 g/mol. The second-order valence-electron chi connectivity index (χ2n) is 6.77. The molecule has 0 bridgehead atoms. The van der Waals surface area contributed by atoms with E-state index in [1.807, 2.05) is 24.3 Å². The minimum atomic E-state index is -0.307. The lowest BCUT2D eigenvalue weighted by Crippen LogP contribution is -2.36. The van der Waals surface area contributed by atoms with Crippen molar-refractivity contribution in [2.24, 2.45) is 0 Å². The van der Waals surface area contributed by atoms with Crippen LogP contribution in [0.15, 0.2) is 42.6 Å². The van der Waals surface area contributed by atoms with Gasteiger partial charge in [0.1, 0.15) is 11.4 Å². The minimum Gasteiger partial charge on any atom is -0.497 e. The summed E-state index contributed by atoms with van der Waals surface area (Å²) in [5.41, 5.74) is 1.65. The van der Waals surface area contributed by atoms with E-state index in [1.54, 1.807) is 19.2 Å². The van der Waals surface area contributed by atoms with Gasteiger partial charge in [0.25, 0.3) is 11.8 Å². The molecule has 6 nitrogen and oxygen atoms in total. The Morgan fingerprint density at radius 3 is 2.52 bits per heavy atom. The van der Waals surface area contributed by atoms with E-state index >= 15 is 0 Å². The van der Waals surface area contributed by atoms with Crippen LogP contribution in [0.5, 0.6) is 5.75 Å². The van der Waals surface area contributed by atoms with E-state index in [2.05, 4.69) is 15.6 Å². The summed E-state index contributed by atoms with van der Waals surface area (Å²) in [6.07, 6.45) is 7.08. The number of ether oxygens (including phenoxy) is 1. The summed E-state index contributed by atoms with van der Waals surface area (Å²) in [4.78, 5) is 28.9. The average molecular weight is 367 g/mol. The Hall–Kier alpha value is -2.89. The molecule has 2 amide bonds. The number of hydrogen-bond donors (Lipinski definition) is 2. The van der Waals surface area contributed by atoms with Crippen LogP contribution in [0, 0.1) is 0 Å². The van der Waals surface area contributed by atoms with Crippen molar-refractivity contribution < 1.29 is 14.3 Å². The maximum Gasteiger partial charge on any atom is 0.270 e. The maximum absolute atomic E-state index is 12.4. The molecule has 27 heavy (non-hydrogen) atoms. The van der Waals surface area contributed by atoms with Crippen molar-refractivity contribution in [2.75, 3.05) is 7.11 Å². The third-order valence-corrected chi connectivity index (χ3v) is 4.81. The fraction of sp³-hybridized carbons (Fsp3) is 0.381. The molecule has 0 unspecified atom stereocenters. The van der Waals surface area contributed by atoms with Gasteiger partial charge in [-0.25, -0.2) is 0 Å². The van der Waals surface area contributed by atoms with Crippen LogP contribution >= 0.6 is 0 Å². The summed E-state index contributed by atoms with van der Waals surface area (Å²) in [6, 6.07) is 10.9. The Bertz CT molecular complexity index is 784. The number of rotatable bonds is 6. The molecule has 1 heterocycles. The molecule has 0 aliphatic heterocycles. The number of carbonyl (C=O) groups excluding carboxylic acids is 2. The van der Waals surface area contributed by atoms with Gasteiger partial charge in [-0.2, -0.15) is 0 Å². The molecule has 142 valence electrons. The molecule has 2 N–H and O–H groups in total. The first-order valence-corrected chi connectivity index (χ1v) is 9.34. The van der Waals surface area contributed by atoms with E-state index in [0.29, 0.717) is 12.1 Å². The van der Waals surface area contributed by atoms with Crippen molar-refractivity contribution in [3.8, 4) is 5.75 Å². The lowest BCUT2D eigenvalue weighted by Gasteiger charge is -2.22. The predicted molar refractivity (Wildman–Crippen MR) is 103 cm³/mol. The lowest BCUT2D eigenvalue weighted by molar-refractivity contribution is 0.0927. The van der Waals surface area contributed by atoms with Crippen LogP contribution in [0.3, 0.4) is 0 Å². The Morgan fingerprint density at radius 1 is 1.07 bits per heavy atom. The summed E-state index contributed by atoms with van der Waals surface area (Å²) in [7, 11) is 1.61. The molecule has 1 fully saturated rings. The van der Waals surface area contributed by atoms with E-state index in [1.165, 1.54) is 12.6 Å². The van der Waals surface area contributed by atoms with Crippen molar-refractivity contribution in [3.05, 3.63) is 59.4 Å². The summed E-state index contributed by atoms with van der Waals surface area (Å²) in [5.74, 6) is 0.315. The van der Waals surface area contributed by atoms with E-state index in [0.717, 1.165) is 37.0 Å². The zero-order chi connectivity index (χ0) is 19.1. The number of nitrogens with zero attached hydrogens (tertiary/aromatic N) is 1. The van der Waals surface area contributed by atoms with Gasteiger partial charge in [0.05, 0.1) is 7.11 Å². The van der Waals surface area contributed by atoms with E-state index < -0.39 is 0 Å². The van der Waals surface area contributed by atoms with E-state index in [9.17, 15) is 9.59 Å². The highest BCUT2D eigenvalue weighted by molar-refractivity contribution is 5.98. The molecule has 1 aliphatic carbocycles. The number of methoxy groups -OCH3 is 1. The van der Waals surface area contributed by atoms with Gasteiger partial charge in [-0.3, -0.25) is 14.6 Å². The fourth-order valence-corrected chi connectivity index (χ4v) is 3.23. The van der Waals surface area contributed by atoms with Crippen LogP contribution in [-0.2, 0) is 6.54 Å². The van der Waals surface area contributed by atoms with E-state index in [-0.39, 0.29) is 23.6 Å². The fourth-order valence-electron chi connectivity index (χ4n) is 3.23. The van der Waals surface area contributed by atoms with Crippen molar-refractivity contribution in [1.82, 2.24) is 15.6 Å². The maximum atomic E-state index is 12.4. The lowest BCUT2D eigenvalue weighted by atomic mass is 9.95. The molecule has 0 atom stereocenters. The van der Waals surface area contributed by atoms with E-state index in [4.69, 9.17) is 4.74 Å². The van der Waals surface area contributed by atoms with Gasteiger partial charge < -0.3 is 15.4 Å². The number of pyridine rings is 1. The smallest absolute Gasteiger partial charge is 0.270 e. The highest BCUT2D eigenvalue weighted by Crippen LogP contribution is 2.18. The predicted octanol–water partition coefficient (Wildman–Crippen LogP) is 3.08. The van der Waals surface area contributed by atoms with Crippen LogP contribution in [0.25, 0.3) is 0 Å². The quantitative estimate of drug-likeness (QED) is 0.822. The van der Waals surface area contributed by atoms with Gasteiger partial charge in [-0.1, -0.05) is 31.4 Å². The highest BCUT2D eigenvalue weighted by atomic mass is 16.5. The Kier molecular flexibility index (Phi) is 6.41. The first-order valence-electron chi connectivity index (χ1n) is 9.34. The summed E-state index contributed by atoms with van der Waals surface area (Å²) < 4.78 is 5.12. The molecule has 1 aromatic heterocycles. The number of aromatic nitrogens is 1. The topological polar surface area (TPSA) is 80.3 Å². The second kappa shape index (κ2) is 9.16. The molecule has 0 radical (unpaired) electrons. The Morgan fingerprint density at radius 2 is 1.81 bits per heavy atom. The SMILES string of the molecule is COc1ccc(CNC(=O)c2cc(C(=O)NC3CCCCC3)ccn2)cc1. The number of hydrogen-bond acceptors (Lipinski definition) is 4. The van der Waals surface area contributed by atoms with Crippen molar-refractivity contribution in [1.29, 1.82) is 0 Å². The zero-order valence-corrected chi connectivity index (χ0v) is 15.5. The van der Waals surface area contributed by atoms with Crippen molar-refractivity contribution in [3.63, 3.8) is 0 Å². The van der Waals surface area contributed by atoms with Gasteiger partial charge in [0.15, 0.2) is 0 Å². The van der Waals surface area contributed by atoms with Crippen LogP contribution < -0.4 is 15.4 Å². The van der Waals surface area contributed by atoms with Gasteiger partial charge in [-0.15, -0.1) is 0 Å². The molecule has 0 saturated heterocycles. The van der Waals surface area contributed by atoms with Crippen LogP contribution in [0.1, 0.15) is 58.5 Å². The van der Waals surface area contributed by atoms with Crippen LogP contribution in [0.2, 0.25) is 0 Å². The molecule has 3 rings (SSSR count). The van der Waals surface area contributed by atoms with Crippen LogP contribution in [-0.4, -0.2) is 29.9 Å². The molecule has 1 aliphatic rings. The van der Waals surface area contributed by atoms with Gasteiger partial charge in [-0.05, 0) is 42.7 Å². The zero-order valence-electron chi connectivity index (χ0n) is 15.5. The Labute approximate surface area is 159 Å². The van der Waals surface area contributed by atoms with Gasteiger partial charge >= 0.3 is 0 Å². The first kappa shape index (κ1) is 18.9. The molecular formula is C21H25N3O3. The molecule has 0 spiro atoms. The summed E-state index contributed by atoms with van der Waals surface area (Å²) >= 11 is 0. The average Bonchev–Trinajstić information content (AvgIpc) is 2.73.